The van der Waals surface area contributed by atoms with Gasteiger partial charge in [-0.3, -0.25) is 9.59 Å². The maximum Gasteiger partial charge on any atom is 0.250 e. The van der Waals surface area contributed by atoms with Gasteiger partial charge in [0, 0.05) is 5.69 Å². The Morgan fingerprint density at radius 3 is 2.23 bits per heavy atom. The number of carbonyl (C=O) groups excluding carboxylic acids is 2. The molecule has 5 nitrogen and oxygen atoms in total. The zero-order chi connectivity index (χ0) is 16.3. The number of hydrogen-bond donors (Lipinski definition) is 3. The zero-order valence-corrected chi connectivity index (χ0v) is 13.4. The van der Waals surface area contributed by atoms with Crippen LogP contribution in [0.25, 0.3) is 0 Å². The van der Waals surface area contributed by atoms with Crippen LogP contribution >= 0.6 is 0 Å². The minimum atomic E-state index is -1.12. The van der Waals surface area contributed by atoms with Crippen molar-refractivity contribution in [2.45, 2.75) is 58.1 Å². The lowest BCUT2D eigenvalue weighted by Gasteiger charge is -2.30. The topological polar surface area (TPSA) is 78.4 Å². The normalized spacial score (nSPS) is 17.8. The van der Waals surface area contributed by atoms with E-state index in [1.54, 1.807) is 0 Å². The van der Waals surface area contributed by atoms with Gasteiger partial charge >= 0.3 is 0 Å². The van der Waals surface area contributed by atoms with Crippen LogP contribution in [0.1, 0.15) is 43.7 Å². The number of hydrogen-bond acceptors (Lipinski definition) is 3. The molecular weight excluding hydrogens is 280 g/mol. The van der Waals surface area contributed by atoms with E-state index >= 15 is 0 Å². The van der Waals surface area contributed by atoms with Crippen LogP contribution in [0.4, 0.5) is 5.69 Å². The molecule has 5 heteroatoms. The first kappa shape index (κ1) is 16.5. The number of para-hydroxylation sites is 1. The molecule has 3 N–H and O–H groups in total. The molecule has 1 aromatic carbocycles. The quantitative estimate of drug-likeness (QED) is 0.796. The average molecular weight is 304 g/mol. The van der Waals surface area contributed by atoms with Crippen LogP contribution in [-0.2, 0) is 9.59 Å². The van der Waals surface area contributed by atoms with Crippen molar-refractivity contribution in [3.05, 3.63) is 29.3 Å². The third-order valence-electron chi connectivity index (χ3n) is 4.35. The van der Waals surface area contributed by atoms with Gasteiger partial charge in [-0.05, 0) is 44.7 Å². The number of aliphatic hydroxyl groups excluding tert-OH is 1. The van der Waals surface area contributed by atoms with Gasteiger partial charge in [-0.2, -0.15) is 0 Å². The molecule has 0 aliphatic heterocycles. The molecule has 0 bridgehead atoms. The summed E-state index contributed by atoms with van der Waals surface area (Å²) in [5.74, 6) is -0.699. The lowest BCUT2D eigenvalue weighted by Crippen LogP contribution is -2.57. The van der Waals surface area contributed by atoms with Crippen molar-refractivity contribution in [2.24, 2.45) is 0 Å². The first-order chi connectivity index (χ1) is 10.4. The van der Waals surface area contributed by atoms with Crippen molar-refractivity contribution in [3.8, 4) is 0 Å². The summed E-state index contributed by atoms with van der Waals surface area (Å²) in [5.41, 5.74) is 1.86. The van der Waals surface area contributed by atoms with Crippen molar-refractivity contribution in [2.75, 3.05) is 5.32 Å². The second-order valence-electron chi connectivity index (χ2n) is 6.18. The summed E-state index contributed by atoms with van der Waals surface area (Å²) in [7, 11) is 0. The molecule has 0 unspecified atom stereocenters. The molecule has 0 heterocycles. The number of carbonyl (C=O) groups is 2. The van der Waals surface area contributed by atoms with Crippen LogP contribution in [0.2, 0.25) is 0 Å². The largest absolute Gasteiger partial charge is 0.384 e. The van der Waals surface area contributed by atoms with Gasteiger partial charge in [0.1, 0.15) is 11.6 Å². The van der Waals surface area contributed by atoms with Gasteiger partial charge in [-0.25, -0.2) is 0 Å². The summed E-state index contributed by atoms with van der Waals surface area (Å²) in [4.78, 5) is 24.6. The number of amides is 2. The van der Waals surface area contributed by atoms with Crippen molar-refractivity contribution < 1.29 is 14.7 Å². The van der Waals surface area contributed by atoms with Gasteiger partial charge in [-0.15, -0.1) is 0 Å². The van der Waals surface area contributed by atoms with Crippen LogP contribution in [0, 0.1) is 13.8 Å². The van der Waals surface area contributed by atoms with Gasteiger partial charge in [-0.1, -0.05) is 31.0 Å². The van der Waals surface area contributed by atoms with Crippen LogP contribution in [-0.4, -0.2) is 28.6 Å². The smallest absolute Gasteiger partial charge is 0.250 e. The molecule has 2 rings (SSSR count). The molecule has 0 saturated heterocycles. The highest BCUT2D eigenvalue weighted by Gasteiger charge is 2.43. The number of benzene rings is 1. The molecular formula is C17H24N2O3. The fourth-order valence-electron chi connectivity index (χ4n) is 2.97. The maximum atomic E-state index is 12.8. The molecule has 2 amide bonds. The number of anilines is 1. The van der Waals surface area contributed by atoms with Crippen LogP contribution in [0.3, 0.4) is 0 Å². The maximum absolute atomic E-state index is 12.8. The van der Waals surface area contributed by atoms with Crippen LogP contribution in [0.15, 0.2) is 18.2 Å². The fourth-order valence-corrected chi connectivity index (χ4v) is 2.97. The zero-order valence-electron chi connectivity index (χ0n) is 13.4. The average Bonchev–Trinajstić information content (AvgIpc) is 2.92. The highest BCUT2D eigenvalue weighted by atomic mass is 16.3. The Balaban J connectivity index is 2.22. The molecule has 1 aliphatic rings. The van der Waals surface area contributed by atoms with Crippen molar-refractivity contribution in [1.29, 1.82) is 0 Å². The van der Waals surface area contributed by atoms with E-state index in [1.807, 2.05) is 32.0 Å². The highest BCUT2D eigenvalue weighted by molar-refractivity contribution is 6.02. The molecule has 0 radical (unpaired) electrons. The van der Waals surface area contributed by atoms with Crippen LogP contribution in [0.5, 0.6) is 0 Å². The molecule has 0 spiro atoms. The molecule has 120 valence electrons. The van der Waals surface area contributed by atoms with Gasteiger partial charge < -0.3 is 15.7 Å². The minimum absolute atomic E-state index is 0.198. The lowest BCUT2D eigenvalue weighted by atomic mass is 9.95. The van der Waals surface area contributed by atoms with E-state index in [2.05, 4.69) is 10.6 Å². The Labute approximate surface area is 131 Å². The third-order valence-corrected chi connectivity index (χ3v) is 4.35. The second-order valence-corrected chi connectivity index (χ2v) is 6.18. The van der Waals surface area contributed by atoms with E-state index in [9.17, 15) is 14.7 Å². The minimum Gasteiger partial charge on any atom is -0.384 e. The summed E-state index contributed by atoms with van der Waals surface area (Å²) >= 11 is 0. The SMILES string of the molecule is Cc1cccc(C)c1NC(=O)C1(NC(=O)[C@H](C)O)CCCC1. The first-order valence-corrected chi connectivity index (χ1v) is 7.73. The van der Waals surface area contributed by atoms with E-state index in [-0.39, 0.29) is 5.91 Å². The molecule has 0 aromatic heterocycles. The Hall–Kier alpha value is -1.88. The monoisotopic (exact) mass is 304 g/mol. The predicted octanol–water partition coefficient (Wildman–Crippen LogP) is 2.05. The van der Waals surface area contributed by atoms with Gasteiger partial charge in [0.15, 0.2) is 0 Å². The van der Waals surface area contributed by atoms with Gasteiger partial charge in [0.25, 0.3) is 0 Å². The number of aryl methyl sites for hydroxylation is 2. The van der Waals surface area contributed by atoms with E-state index in [1.165, 1.54) is 6.92 Å². The summed E-state index contributed by atoms with van der Waals surface area (Å²) in [6.07, 6.45) is 1.86. The highest BCUT2D eigenvalue weighted by Crippen LogP contribution is 2.32. The third kappa shape index (κ3) is 3.30. The molecule has 22 heavy (non-hydrogen) atoms. The Kier molecular flexibility index (Phi) is 4.86. The fraction of sp³-hybridized carbons (Fsp3) is 0.529. The number of nitrogens with one attached hydrogen (secondary N) is 2. The second kappa shape index (κ2) is 6.48. The van der Waals surface area contributed by atoms with E-state index in [0.29, 0.717) is 12.8 Å². The van der Waals surface area contributed by atoms with Crippen molar-refractivity contribution in [1.82, 2.24) is 5.32 Å². The lowest BCUT2D eigenvalue weighted by molar-refractivity contribution is -0.135. The van der Waals surface area contributed by atoms with Crippen molar-refractivity contribution >= 4 is 17.5 Å². The molecule has 1 atom stereocenters. The van der Waals surface area contributed by atoms with E-state index in [0.717, 1.165) is 29.7 Å². The number of rotatable bonds is 4. The Morgan fingerprint density at radius 1 is 1.18 bits per heavy atom. The standard InChI is InChI=1S/C17H24N2O3/c1-11-7-6-8-12(2)14(11)18-16(22)17(9-4-5-10-17)19-15(21)13(3)20/h6-8,13,20H,4-5,9-10H2,1-3H3,(H,18,22)(H,19,21)/t13-/m0/s1. The Morgan fingerprint density at radius 2 is 1.73 bits per heavy atom. The Bertz CT molecular complexity index is 555. The summed E-state index contributed by atoms with van der Waals surface area (Å²) in [6.45, 7) is 5.29. The molecule has 1 aromatic rings. The van der Waals surface area contributed by atoms with E-state index < -0.39 is 17.6 Å². The predicted molar refractivity (Wildman–Crippen MR) is 85.6 cm³/mol. The molecule has 1 saturated carbocycles. The number of aliphatic hydroxyl groups is 1. The first-order valence-electron chi connectivity index (χ1n) is 7.73. The molecule has 1 aliphatic carbocycles. The van der Waals surface area contributed by atoms with E-state index in [4.69, 9.17) is 0 Å². The van der Waals surface area contributed by atoms with Gasteiger partial charge in [0.2, 0.25) is 11.8 Å². The van der Waals surface area contributed by atoms with Gasteiger partial charge in [0.05, 0.1) is 0 Å². The summed E-state index contributed by atoms with van der Waals surface area (Å²) in [6, 6.07) is 5.83. The van der Waals surface area contributed by atoms with Crippen molar-refractivity contribution in [3.63, 3.8) is 0 Å². The van der Waals surface area contributed by atoms with Crippen LogP contribution < -0.4 is 10.6 Å². The summed E-state index contributed by atoms with van der Waals surface area (Å²) in [5, 5.41) is 15.1. The summed E-state index contributed by atoms with van der Waals surface area (Å²) < 4.78 is 0. The molecule has 1 fully saturated rings.